The van der Waals surface area contributed by atoms with Crippen molar-refractivity contribution in [3.63, 3.8) is 0 Å². The first kappa shape index (κ1) is 15.6. The Hall–Kier alpha value is -2.89. The lowest BCUT2D eigenvalue weighted by Gasteiger charge is -2.13. The number of carbonyl (C=O) groups is 1. The lowest BCUT2D eigenvalue weighted by atomic mass is 10.1. The van der Waals surface area contributed by atoms with Gasteiger partial charge in [-0.25, -0.2) is 0 Å². The number of hydrogen-bond donors (Lipinski definition) is 0. The zero-order valence-corrected chi connectivity index (χ0v) is 13.8. The molecular weight excluding hydrogens is 318 g/mol. The summed E-state index contributed by atoms with van der Waals surface area (Å²) in [5, 5.41) is 4.07. The van der Waals surface area contributed by atoms with E-state index in [1.807, 2.05) is 30.3 Å². The molecule has 3 aromatic rings. The van der Waals surface area contributed by atoms with Gasteiger partial charge in [-0.05, 0) is 24.1 Å². The zero-order chi connectivity index (χ0) is 17.1. The van der Waals surface area contributed by atoms with Crippen molar-refractivity contribution in [2.75, 3.05) is 6.54 Å². The molecule has 6 nitrogen and oxygen atoms in total. The Morgan fingerprint density at radius 1 is 1.12 bits per heavy atom. The molecule has 4 rings (SSSR count). The fourth-order valence-corrected chi connectivity index (χ4v) is 3.12. The zero-order valence-electron chi connectivity index (χ0n) is 13.8. The molecule has 1 amide bonds. The Labute approximate surface area is 145 Å². The summed E-state index contributed by atoms with van der Waals surface area (Å²) in [5.41, 5.74) is 1.24. The largest absolute Gasteiger partial charge is 0.467 e. The van der Waals surface area contributed by atoms with E-state index < -0.39 is 0 Å². The molecule has 0 spiro atoms. The van der Waals surface area contributed by atoms with Crippen molar-refractivity contribution in [3.8, 4) is 0 Å². The van der Waals surface area contributed by atoms with Crippen molar-refractivity contribution in [1.82, 2.24) is 15.0 Å². The van der Waals surface area contributed by atoms with Crippen LogP contribution in [0.4, 0.5) is 0 Å². The number of nitrogens with zero attached hydrogens (tertiary/aromatic N) is 3. The van der Waals surface area contributed by atoms with E-state index >= 15 is 0 Å². The van der Waals surface area contributed by atoms with Crippen LogP contribution >= 0.6 is 0 Å². The summed E-state index contributed by atoms with van der Waals surface area (Å²) in [7, 11) is 0. The first-order chi connectivity index (χ1) is 12.3. The number of aryl methyl sites for hydroxylation is 2. The molecule has 0 unspecified atom stereocenters. The van der Waals surface area contributed by atoms with E-state index in [0.29, 0.717) is 31.2 Å². The highest BCUT2D eigenvalue weighted by molar-refractivity contribution is 5.79. The van der Waals surface area contributed by atoms with Gasteiger partial charge in [0.25, 0.3) is 0 Å². The van der Waals surface area contributed by atoms with Crippen LogP contribution in [0.2, 0.25) is 0 Å². The van der Waals surface area contributed by atoms with E-state index in [1.165, 1.54) is 5.56 Å². The molecular formula is C19H19N3O3. The Bertz CT molecular complexity index is 827. The Morgan fingerprint density at radius 3 is 2.80 bits per heavy atom. The number of rotatable bonds is 6. The van der Waals surface area contributed by atoms with Gasteiger partial charge in [-0.3, -0.25) is 4.79 Å². The third-order valence-electron chi connectivity index (χ3n) is 4.45. The molecule has 1 aliphatic heterocycles. The Kier molecular flexibility index (Phi) is 4.33. The normalized spacial score (nSPS) is 17.4. The van der Waals surface area contributed by atoms with Crippen LogP contribution in [-0.4, -0.2) is 27.5 Å². The Balaban J connectivity index is 1.36. The molecule has 1 aromatic carbocycles. The summed E-state index contributed by atoms with van der Waals surface area (Å²) in [6, 6.07) is 13.9. The summed E-state index contributed by atoms with van der Waals surface area (Å²) in [6.45, 7) is 1.07. The fraction of sp³-hybridized carbons (Fsp3) is 0.316. The number of furan rings is 1. The average molecular weight is 337 g/mol. The number of likely N-dealkylation sites (tertiary alicyclic amines) is 1. The lowest BCUT2D eigenvalue weighted by molar-refractivity contribution is -0.128. The Morgan fingerprint density at radius 2 is 2.00 bits per heavy atom. The van der Waals surface area contributed by atoms with Gasteiger partial charge in [-0.1, -0.05) is 35.5 Å². The van der Waals surface area contributed by atoms with E-state index in [2.05, 4.69) is 22.3 Å². The fourth-order valence-electron chi connectivity index (χ4n) is 3.12. The van der Waals surface area contributed by atoms with Crippen LogP contribution in [0.15, 0.2) is 57.7 Å². The molecule has 1 aliphatic rings. The molecule has 128 valence electrons. The molecule has 1 atom stereocenters. The summed E-state index contributed by atoms with van der Waals surface area (Å²) < 4.78 is 10.7. The van der Waals surface area contributed by atoms with E-state index in [0.717, 1.165) is 18.6 Å². The van der Waals surface area contributed by atoms with Gasteiger partial charge in [0.15, 0.2) is 5.82 Å². The third kappa shape index (κ3) is 3.63. The third-order valence-corrected chi connectivity index (χ3v) is 4.45. The summed E-state index contributed by atoms with van der Waals surface area (Å²) in [5.74, 6) is 2.07. The number of benzene rings is 1. The van der Waals surface area contributed by atoms with Crippen LogP contribution in [0.3, 0.4) is 0 Å². The number of amides is 1. The summed E-state index contributed by atoms with van der Waals surface area (Å²) >= 11 is 0. The van der Waals surface area contributed by atoms with Crippen LogP contribution < -0.4 is 0 Å². The molecule has 1 fully saturated rings. The van der Waals surface area contributed by atoms with Gasteiger partial charge in [-0.15, -0.1) is 0 Å². The van der Waals surface area contributed by atoms with E-state index in [-0.39, 0.29) is 11.8 Å². The highest BCUT2D eigenvalue weighted by Crippen LogP contribution is 2.28. The first-order valence-corrected chi connectivity index (χ1v) is 8.44. The van der Waals surface area contributed by atoms with Crippen molar-refractivity contribution in [3.05, 3.63) is 71.8 Å². The lowest BCUT2D eigenvalue weighted by Crippen LogP contribution is -2.24. The van der Waals surface area contributed by atoms with Gasteiger partial charge in [0.2, 0.25) is 11.8 Å². The molecule has 25 heavy (non-hydrogen) atoms. The smallest absolute Gasteiger partial charge is 0.232 e. The van der Waals surface area contributed by atoms with Crippen molar-refractivity contribution in [2.45, 2.75) is 31.7 Å². The van der Waals surface area contributed by atoms with Crippen LogP contribution in [0.25, 0.3) is 0 Å². The number of carbonyl (C=O) groups excluding carboxylic acids is 1. The highest BCUT2D eigenvalue weighted by Gasteiger charge is 2.34. The summed E-state index contributed by atoms with van der Waals surface area (Å²) in [6.07, 6.45) is 3.61. The van der Waals surface area contributed by atoms with E-state index in [9.17, 15) is 4.79 Å². The topological polar surface area (TPSA) is 72.4 Å². The predicted octanol–water partition coefficient (Wildman–Crippen LogP) is 2.96. The maximum Gasteiger partial charge on any atom is 0.232 e. The van der Waals surface area contributed by atoms with Gasteiger partial charge in [-0.2, -0.15) is 4.98 Å². The minimum atomic E-state index is -0.0413. The van der Waals surface area contributed by atoms with Gasteiger partial charge in [0.05, 0.1) is 18.7 Å². The molecule has 0 bridgehead atoms. The highest BCUT2D eigenvalue weighted by atomic mass is 16.5. The molecule has 0 saturated carbocycles. The monoisotopic (exact) mass is 337 g/mol. The molecule has 2 aromatic heterocycles. The molecule has 0 aliphatic carbocycles. The van der Waals surface area contributed by atoms with E-state index in [4.69, 9.17) is 8.94 Å². The molecule has 6 heteroatoms. The van der Waals surface area contributed by atoms with E-state index in [1.54, 1.807) is 11.2 Å². The summed E-state index contributed by atoms with van der Waals surface area (Å²) in [4.78, 5) is 18.5. The van der Waals surface area contributed by atoms with Crippen molar-refractivity contribution in [2.24, 2.45) is 0 Å². The van der Waals surface area contributed by atoms with Crippen molar-refractivity contribution < 1.29 is 13.7 Å². The van der Waals surface area contributed by atoms with Gasteiger partial charge in [0, 0.05) is 19.4 Å². The van der Waals surface area contributed by atoms with Crippen LogP contribution in [-0.2, 0) is 24.2 Å². The second kappa shape index (κ2) is 6.93. The van der Waals surface area contributed by atoms with Gasteiger partial charge in [0.1, 0.15) is 5.76 Å². The second-order valence-corrected chi connectivity index (χ2v) is 6.29. The molecule has 0 radical (unpaired) electrons. The maximum absolute atomic E-state index is 12.2. The standard InChI is InChI=1S/C19H19N3O3/c23-18-11-15(12-22(18)13-16-7-4-10-24-16)19-20-17(21-25-19)9-8-14-5-2-1-3-6-14/h1-7,10,15H,8-9,11-13H2/t15-/m0/s1. The van der Waals surface area contributed by atoms with Crippen LogP contribution in [0.5, 0.6) is 0 Å². The predicted molar refractivity (Wildman–Crippen MR) is 89.6 cm³/mol. The average Bonchev–Trinajstić information content (AvgIpc) is 3.37. The van der Waals surface area contributed by atoms with Crippen LogP contribution in [0.1, 0.15) is 35.4 Å². The van der Waals surface area contributed by atoms with Crippen molar-refractivity contribution in [1.29, 1.82) is 0 Å². The number of aromatic nitrogens is 2. The minimum absolute atomic E-state index is 0.0413. The molecule has 1 saturated heterocycles. The number of hydrogen-bond acceptors (Lipinski definition) is 5. The SMILES string of the molecule is O=C1C[C@H](c2nc(CCc3ccccc3)no2)CN1Cc1ccco1. The minimum Gasteiger partial charge on any atom is -0.467 e. The maximum atomic E-state index is 12.2. The quantitative estimate of drug-likeness (QED) is 0.691. The van der Waals surface area contributed by atoms with Gasteiger partial charge < -0.3 is 13.8 Å². The molecule has 0 N–H and O–H groups in total. The molecule has 3 heterocycles. The van der Waals surface area contributed by atoms with Gasteiger partial charge >= 0.3 is 0 Å². The first-order valence-electron chi connectivity index (χ1n) is 8.44. The van der Waals surface area contributed by atoms with Crippen LogP contribution in [0, 0.1) is 0 Å². The second-order valence-electron chi connectivity index (χ2n) is 6.29. The van der Waals surface area contributed by atoms with Crippen molar-refractivity contribution >= 4 is 5.91 Å².